The standard InChI is InChI=1S/C13H9BF5O/c15-12-3-1-2-9(13(12)16)8-20-11-6-4-10(5-7-11)14(17,18)19/h1-7H,8H2/q-1. The molecule has 0 radical (unpaired) electrons. The van der Waals surface area contributed by atoms with Crippen LogP contribution in [-0.2, 0) is 6.61 Å². The van der Waals surface area contributed by atoms with Crippen molar-refractivity contribution >= 4 is 12.4 Å². The predicted octanol–water partition coefficient (Wildman–Crippen LogP) is 3.60. The van der Waals surface area contributed by atoms with E-state index >= 15 is 0 Å². The van der Waals surface area contributed by atoms with Crippen molar-refractivity contribution in [3.8, 4) is 5.75 Å². The molecule has 0 aromatic heterocycles. The van der Waals surface area contributed by atoms with E-state index in [2.05, 4.69) is 0 Å². The van der Waals surface area contributed by atoms with Crippen molar-refractivity contribution in [2.75, 3.05) is 0 Å². The Bertz CT molecular complexity index is 595. The van der Waals surface area contributed by atoms with Crippen LogP contribution >= 0.6 is 0 Å². The van der Waals surface area contributed by atoms with Crippen LogP contribution in [0.1, 0.15) is 5.56 Å². The summed E-state index contributed by atoms with van der Waals surface area (Å²) in [5.41, 5.74) is -0.747. The first-order valence-corrected chi connectivity index (χ1v) is 5.73. The Morgan fingerprint density at radius 1 is 0.900 bits per heavy atom. The first kappa shape index (κ1) is 14.4. The molecule has 106 valence electrons. The van der Waals surface area contributed by atoms with E-state index in [1.54, 1.807) is 0 Å². The Balaban J connectivity index is 2.06. The van der Waals surface area contributed by atoms with Crippen molar-refractivity contribution in [3.05, 3.63) is 59.7 Å². The van der Waals surface area contributed by atoms with Gasteiger partial charge >= 0.3 is 6.98 Å². The van der Waals surface area contributed by atoms with Gasteiger partial charge < -0.3 is 17.7 Å². The minimum absolute atomic E-state index is 0.00545. The molecule has 0 N–H and O–H groups in total. The minimum atomic E-state index is -5.05. The monoisotopic (exact) mass is 287 g/mol. The molecule has 20 heavy (non-hydrogen) atoms. The second-order valence-corrected chi connectivity index (χ2v) is 4.15. The summed E-state index contributed by atoms with van der Waals surface area (Å²) in [6.07, 6.45) is 0. The van der Waals surface area contributed by atoms with Gasteiger partial charge in [0.15, 0.2) is 11.6 Å². The van der Waals surface area contributed by atoms with Gasteiger partial charge in [0.25, 0.3) is 0 Å². The van der Waals surface area contributed by atoms with Gasteiger partial charge in [-0.2, -0.15) is 0 Å². The number of benzene rings is 2. The second-order valence-electron chi connectivity index (χ2n) is 4.15. The summed E-state index contributed by atoms with van der Waals surface area (Å²) in [7, 11) is 0. The molecule has 2 aromatic carbocycles. The molecule has 0 aliphatic carbocycles. The van der Waals surface area contributed by atoms with Crippen LogP contribution in [0.4, 0.5) is 21.7 Å². The highest BCUT2D eigenvalue weighted by molar-refractivity contribution is 6.73. The molecule has 7 heteroatoms. The summed E-state index contributed by atoms with van der Waals surface area (Å²) in [4.78, 5) is 0. The number of ether oxygens (including phenoxy) is 1. The maximum Gasteiger partial charge on any atom is 0.509 e. The van der Waals surface area contributed by atoms with Crippen molar-refractivity contribution < 1.29 is 26.5 Å². The third kappa shape index (κ3) is 3.29. The van der Waals surface area contributed by atoms with Gasteiger partial charge in [-0.1, -0.05) is 24.3 Å². The molecule has 0 aliphatic rings. The molecule has 0 bridgehead atoms. The lowest BCUT2D eigenvalue weighted by molar-refractivity contribution is 0.297. The largest absolute Gasteiger partial charge is 0.509 e. The Hall–Kier alpha value is -2.05. The van der Waals surface area contributed by atoms with Crippen LogP contribution in [0.3, 0.4) is 0 Å². The summed E-state index contributed by atoms with van der Waals surface area (Å²) < 4.78 is 68.6. The molecule has 0 atom stereocenters. The topological polar surface area (TPSA) is 9.23 Å². The Morgan fingerprint density at radius 2 is 1.55 bits per heavy atom. The van der Waals surface area contributed by atoms with Crippen molar-refractivity contribution in [2.24, 2.45) is 0 Å². The van der Waals surface area contributed by atoms with E-state index in [1.807, 2.05) is 0 Å². The van der Waals surface area contributed by atoms with E-state index in [9.17, 15) is 21.7 Å². The molecule has 0 saturated heterocycles. The second kappa shape index (κ2) is 5.52. The molecule has 0 heterocycles. The van der Waals surface area contributed by atoms with Gasteiger partial charge in [-0.25, -0.2) is 8.78 Å². The molecular weight excluding hydrogens is 278 g/mol. The first-order chi connectivity index (χ1) is 9.38. The molecule has 0 spiro atoms. The SMILES string of the molecule is Fc1cccc(COc2ccc([B-](F)(F)F)cc2)c1F. The van der Waals surface area contributed by atoms with Gasteiger partial charge in [-0.3, -0.25) is 0 Å². The van der Waals surface area contributed by atoms with Gasteiger partial charge in [-0.05, 0) is 18.2 Å². The van der Waals surface area contributed by atoms with Crippen LogP contribution in [0.5, 0.6) is 5.75 Å². The highest BCUT2D eigenvalue weighted by Crippen LogP contribution is 2.17. The highest BCUT2D eigenvalue weighted by Gasteiger charge is 2.24. The summed E-state index contributed by atoms with van der Waals surface area (Å²) in [6.45, 7) is -5.32. The molecule has 0 amide bonds. The third-order valence-electron chi connectivity index (χ3n) is 2.68. The lowest BCUT2D eigenvalue weighted by Gasteiger charge is -2.15. The fourth-order valence-electron chi connectivity index (χ4n) is 1.60. The Morgan fingerprint density at radius 3 is 2.15 bits per heavy atom. The van der Waals surface area contributed by atoms with E-state index in [4.69, 9.17) is 4.74 Å². The minimum Gasteiger partial charge on any atom is -0.489 e. The fourth-order valence-corrected chi connectivity index (χ4v) is 1.60. The molecule has 0 saturated carbocycles. The van der Waals surface area contributed by atoms with Crippen molar-refractivity contribution in [1.82, 2.24) is 0 Å². The molecular formula is C13H9BF5O-. The van der Waals surface area contributed by atoms with Gasteiger partial charge in [0.05, 0.1) is 0 Å². The maximum atomic E-state index is 13.3. The number of hydrogen-bond donors (Lipinski definition) is 0. The van der Waals surface area contributed by atoms with Gasteiger partial charge in [0, 0.05) is 5.56 Å². The van der Waals surface area contributed by atoms with Crippen LogP contribution in [0, 0.1) is 11.6 Å². The van der Waals surface area contributed by atoms with Crippen LogP contribution in [0.25, 0.3) is 0 Å². The Kier molecular flexibility index (Phi) is 3.97. The van der Waals surface area contributed by atoms with Crippen molar-refractivity contribution in [2.45, 2.75) is 6.61 Å². The quantitative estimate of drug-likeness (QED) is 0.616. The molecule has 0 unspecified atom stereocenters. The number of hydrogen-bond acceptors (Lipinski definition) is 1. The average molecular weight is 287 g/mol. The van der Waals surface area contributed by atoms with E-state index in [-0.39, 0.29) is 17.9 Å². The molecule has 1 nitrogen and oxygen atoms in total. The van der Waals surface area contributed by atoms with Gasteiger partial charge in [0.2, 0.25) is 0 Å². The van der Waals surface area contributed by atoms with Crippen LogP contribution in [0.2, 0.25) is 0 Å². The smallest absolute Gasteiger partial charge is 0.489 e. The molecule has 2 aromatic rings. The predicted molar refractivity (Wildman–Crippen MR) is 65.8 cm³/mol. The van der Waals surface area contributed by atoms with Crippen LogP contribution in [-0.4, -0.2) is 6.98 Å². The average Bonchev–Trinajstić information content (AvgIpc) is 2.40. The van der Waals surface area contributed by atoms with E-state index in [1.165, 1.54) is 12.1 Å². The summed E-state index contributed by atoms with van der Waals surface area (Å²) in [6, 6.07) is 7.69. The zero-order valence-electron chi connectivity index (χ0n) is 10.1. The van der Waals surface area contributed by atoms with Crippen molar-refractivity contribution in [1.29, 1.82) is 0 Å². The maximum absolute atomic E-state index is 13.3. The lowest BCUT2D eigenvalue weighted by Crippen LogP contribution is -2.33. The van der Waals surface area contributed by atoms with Crippen molar-refractivity contribution in [3.63, 3.8) is 0 Å². The summed E-state index contributed by atoms with van der Waals surface area (Å²) in [5, 5.41) is 0. The molecule has 0 aliphatic heterocycles. The zero-order valence-corrected chi connectivity index (χ0v) is 10.1. The number of rotatable bonds is 4. The normalized spacial score (nSPS) is 11.4. The third-order valence-corrected chi connectivity index (χ3v) is 2.68. The van der Waals surface area contributed by atoms with Gasteiger partial charge in [-0.15, -0.1) is 5.46 Å². The Labute approximate surface area is 112 Å². The van der Waals surface area contributed by atoms with E-state index in [0.29, 0.717) is 0 Å². The number of halogens is 5. The first-order valence-electron chi connectivity index (χ1n) is 5.73. The van der Waals surface area contributed by atoms with Crippen LogP contribution < -0.4 is 10.2 Å². The van der Waals surface area contributed by atoms with E-state index in [0.717, 1.165) is 30.3 Å². The summed E-state index contributed by atoms with van der Waals surface area (Å²) >= 11 is 0. The van der Waals surface area contributed by atoms with E-state index < -0.39 is 24.1 Å². The molecule has 2 rings (SSSR count). The summed E-state index contributed by atoms with van der Waals surface area (Å²) in [5.74, 6) is -1.87. The van der Waals surface area contributed by atoms with Gasteiger partial charge in [0.1, 0.15) is 12.4 Å². The fraction of sp³-hybridized carbons (Fsp3) is 0.0769. The lowest BCUT2D eigenvalue weighted by atomic mass is 9.80. The zero-order chi connectivity index (χ0) is 14.8. The highest BCUT2D eigenvalue weighted by atomic mass is 19.4. The van der Waals surface area contributed by atoms with Crippen LogP contribution in [0.15, 0.2) is 42.5 Å². The molecule has 0 fully saturated rings.